The standard InChI is InChI=1S/C29H22F4N4O2S/c1-18(27-35-24-5-3-2-4-23(24)28(39)37(27)22-12-10-21(30)11-13-22)36(17-25-34-14-15-40-25)26(38)16-19-6-8-20(9-7-19)29(31,32)33/h2-15,18H,16-17H2,1H3. The highest BCUT2D eigenvalue weighted by Crippen LogP contribution is 2.30. The molecular weight excluding hydrogens is 544 g/mol. The highest BCUT2D eigenvalue weighted by molar-refractivity contribution is 7.09. The van der Waals surface area contributed by atoms with Gasteiger partial charge in [0.2, 0.25) is 5.91 Å². The predicted molar refractivity (Wildman–Crippen MR) is 144 cm³/mol. The molecule has 0 fully saturated rings. The summed E-state index contributed by atoms with van der Waals surface area (Å²) in [4.78, 5) is 37.9. The largest absolute Gasteiger partial charge is 0.416 e. The summed E-state index contributed by atoms with van der Waals surface area (Å²) in [7, 11) is 0. The average molecular weight is 567 g/mol. The molecule has 3 aromatic carbocycles. The smallest absolute Gasteiger partial charge is 0.326 e. The number of alkyl halides is 3. The molecule has 2 aromatic heterocycles. The molecule has 5 aromatic rings. The average Bonchev–Trinajstić information content (AvgIpc) is 3.45. The highest BCUT2D eigenvalue weighted by atomic mass is 32.1. The molecule has 0 aliphatic rings. The number of amides is 1. The number of carbonyl (C=O) groups excluding carboxylic acids is 1. The second-order valence-electron chi connectivity index (χ2n) is 9.10. The van der Waals surface area contributed by atoms with Gasteiger partial charge in [-0.2, -0.15) is 13.2 Å². The number of para-hydroxylation sites is 1. The Bertz CT molecular complexity index is 1700. The maximum Gasteiger partial charge on any atom is 0.416 e. The first-order valence-corrected chi connectivity index (χ1v) is 13.1. The molecule has 0 N–H and O–H groups in total. The van der Waals surface area contributed by atoms with Crippen LogP contribution in [0.1, 0.15) is 34.9 Å². The monoisotopic (exact) mass is 566 g/mol. The van der Waals surface area contributed by atoms with Gasteiger partial charge < -0.3 is 4.90 Å². The molecule has 1 atom stereocenters. The SMILES string of the molecule is CC(c1nc2ccccc2c(=O)n1-c1ccc(F)cc1)N(Cc1nccs1)C(=O)Cc1ccc(C(F)(F)F)cc1. The summed E-state index contributed by atoms with van der Waals surface area (Å²) >= 11 is 1.34. The van der Waals surface area contributed by atoms with Crippen LogP contribution in [0.5, 0.6) is 0 Å². The van der Waals surface area contributed by atoms with Gasteiger partial charge in [0.05, 0.1) is 41.2 Å². The molecule has 5 rings (SSSR count). The van der Waals surface area contributed by atoms with E-state index in [2.05, 4.69) is 4.98 Å². The summed E-state index contributed by atoms with van der Waals surface area (Å²) in [5, 5.41) is 2.75. The summed E-state index contributed by atoms with van der Waals surface area (Å²) < 4.78 is 54.2. The molecule has 1 amide bonds. The molecule has 0 saturated heterocycles. The normalized spacial score (nSPS) is 12.4. The zero-order chi connectivity index (χ0) is 28.4. The summed E-state index contributed by atoms with van der Waals surface area (Å²) in [6.45, 7) is 1.80. The Labute approximate surface area is 230 Å². The summed E-state index contributed by atoms with van der Waals surface area (Å²) in [6.07, 6.45) is -3.06. The number of benzene rings is 3. The van der Waals surface area contributed by atoms with Crippen molar-refractivity contribution in [3.63, 3.8) is 0 Å². The Balaban J connectivity index is 1.58. The second-order valence-corrected chi connectivity index (χ2v) is 10.1. The van der Waals surface area contributed by atoms with E-state index in [9.17, 15) is 27.2 Å². The lowest BCUT2D eigenvalue weighted by molar-refractivity contribution is -0.137. The summed E-state index contributed by atoms with van der Waals surface area (Å²) in [5.41, 5.74) is 0.00792. The molecule has 6 nitrogen and oxygen atoms in total. The number of nitrogens with zero attached hydrogens (tertiary/aromatic N) is 4. The van der Waals surface area contributed by atoms with E-state index in [1.807, 2.05) is 0 Å². The number of hydrogen-bond acceptors (Lipinski definition) is 5. The van der Waals surface area contributed by atoms with E-state index in [1.165, 1.54) is 57.2 Å². The third-order valence-corrected chi connectivity index (χ3v) is 7.24. The summed E-state index contributed by atoms with van der Waals surface area (Å²) in [5.74, 6) is -0.625. The van der Waals surface area contributed by atoms with Gasteiger partial charge in [-0.15, -0.1) is 11.3 Å². The molecule has 0 aliphatic carbocycles. The zero-order valence-electron chi connectivity index (χ0n) is 21.1. The van der Waals surface area contributed by atoms with Gasteiger partial charge in [-0.25, -0.2) is 14.4 Å². The Morgan fingerprint density at radius 3 is 2.38 bits per heavy atom. The Hall–Kier alpha value is -4.38. The van der Waals surface area contributed by atoms with Crippen LogP contribution < -0.4 is 5.56 Å². The van der Waals surface area contributed by atoms with Gasteiger partial charge >= 0.3 is 6.18 Å². The molecule has 0 saturated carbocycles. The minimum atomic E-state index is -4.49. The third kappa shape index (κ3) is 5.64. The number of rotatable bonds is 7. The van der Waals surface area contributed by atoms with Crippen molar-refractivity contribution in [2.75, 3.05) is 0 Å². The van der Waals surface area contributed by atoms with Crippen LogP contribution in [0.3, 0.4) is 0 Å². The van der Waals surface area contributed by atoms with Crippen molar-refractivity contribution in [1.82, 2.24) is 19.4 Å². The van der Waals surface area contributed by atoms with Gasteiger partial charge in [-0.3, -0.25) is 14.2 Å². The first kappa shape index (κ1) is 27.2. The van der Waals surface area contributed by atoms with Gasteiger partial charge in [0.15, 0.2) is 0 Å². The fraction of sp³-hybridized carbons (Fsp3) is 0.172. The minimum Gasteiger partial charge on any atom is -0.326 e. The van der Waals surface area contributed by atoms with Crippen molar-refractivity contribution in [2.24, 2.45) is 0 Å². The number of hydrogen-bond donors (Lipinski definition) is 0. The van der Waals surface area contributed by atoms with E-state index in [0.717, 1.165) is 12.1 Å². The van der Waals surface area contributed by atoms with Gasteiger partial charge in [0.1, 0.15) is 16.6 Å². The van der Waals surface area contributed by atoms with Gasteiger partial charge in [0.25, 0.3) is 5.56 Å². The molecule has 204 valence electrons. The van der Waals surface area contributed by atoms with Crippen LogP contribution in [-0.2, 0) is 23.9 Å². The first-order valence-electron chi connectivity index (χ1n) is 12.2. The highest BCUT2D eigenvalue weighted by Gasteiger charge is 2.31. The van der Waals surface area contributed by atoms with Crippen LogP contribution in [-0.4, -0.2) is 25.3 Å². The van der Waals surface area contributed by atoms with Crippen molar-refractivity contribution >= 4 is 28.1 Å². The molecule has 0 aliphatic heterocycles. The van der Waals surface area contributed by atoms with Crippen molar-refractivity contribution in [3.05, 3.63) is 123 Å². The zero-order valence-corrected chi connectivity index (χ0v) is 21.9. The Morgan fingerprint density at radius 2 is 1.73 bits per heavy atom. The number of aromatic nitrogens is 3. The fourth-order valence-corrected chi connectivity index (χ4v) is 5.03. The van der Waals surface area contributed by atoms with Crippen LogP contribution >= 0.6 is 11.3 Å². The summed E-state index contributed by atoms with van der Waals surface area (Å²) in [6, 6.07) is 15.8. The molecule has 0 bridgehead atoms. The van der Waals surface area contributed by atoms with Crippen LogP contribution in [0.2, 0.25) is 0 Å². The molecule has 0 spiro atoms. The van der Waals surface area contributed by atoms with Crippen molar-refractivity contribution < 1.29 is 22.4 Å². The van der Waals surface area contributed by atoms with E-state index in [4.69, 9.17) is 4.98 Å². The lowest BCUT2D eigenvalue weighted by Crippen LogP contribution is -2.38. The lowest BCUT2D eigenvalue weighted by Gasteiger charge is -2.30. The molecule has 40 heavy (non-hydrogen) atoms. The van der Waals surface area contributed by atoms with Crippen LogP contribution in [0, 0.1) is 5.82 Å². The number of thiazole rings is 1. The van der Waals surface area contributed by atoms with Crippen LogP contribution in [0.25, 0.3) is 16.6 Å². The second kappa shape index (κ2) is 11.0. The lowest BCUT2D eigenvalue weighted by atomic mass is 10.1. The minimum absolute atomic E-state index is 0.0877. The molecule has 0 radical (unpaired) electrons. The molecule has 2 heterocycles. The maximum atomic E-state index is 13.7. The van der Waals surface area contributed by atoms with Gasteiger partial charge in [0, 0.05) is 11.6 Å². The van der Waals surface area contributed by atoms with E-state index in [1.54, 1.807) is 42.8 Å². The molecular formula is C29H22F4N4O2S. The predicted octanol–water partition coefficient (Wildman–Crippen LogP) is 6.33. The van der Waals surface area contributed by atoms with Crippen molar-refractivity contribution in [1.29, 1.82) is 0 Å². The molecule has 1 unspecified atom stereocenters. The maximum absolute atomic E-state index is 13.7. The number of halogens is 4. The Morgan fingerprint density at radius 1 is 1.02 bits per heavy atom. The number of carbonyl (C=O) groups is 1. The van der Waals surface area contributed by atoms with E-state index in [0.29, 0.717) is 27.2 Å². The van der Waals surface area contributed by atoms with Crippen LogP contribution in [0.4, 0.5) is 17.6 Å². The topological polar surface area (TPSA) is 68.1 Å². The van der Waals surface area contributed by atoms with E-state index < -0.39 is 29.5 Å². The van der Waals surface area contributed by atoms with Gasteiger partial charge in [-0.05, 0) is 61.0 Å². The fourth-order valence-electron chi connectivity index (χ4n) is 4.41. The number of fused-ring (bicyclic) bond motifs is 1. The van der Waals surface area contributed by atoms with E-state index in [-0.39, 0.29) is 24.3 Å². The van der Waals surface area contributed by atoms with E-state index >= 15 is 0 Å². The third-order valence-electron chi connectivity index (χ3n) is 6.47. The first-order chi connectivity index (χ1) is 19.1. The van der Waals surface area contributed by atoms with Gasteiger partial charge in [-0.1, -0.05) is 24.3 Å². The van der Waals surface area contributed by atoms with Crippen molar-refractivity contribution in [3.8, 4) is 5.69 Å². The Kier molecular flexibility index (Phi) is 7.49. The van der Waals surface area contributed by atoms with Crippen molar-refractivity contribution in [2.45, 2.75) is 32.1 Å². The van der Waals surface area contributed by atoms with Crippen LogP contribution in [0.15, 0.2) is 89.2 Å². The molecule has 11 heteroatoms. The quantitative estimate of drug-likeness (QED) is 0.216.